The molecule has 3 rings (SSSR count). The molecule has 1 saturated heterocycles. The van der Waals surface area contributed by atoms with E-state index in [-0.39, 0.29) is 0 Å². The minimum Gasteiger partial charge on any atom is -0.315 e. The van der Waals surface area contributed by atoms with Crippen LogP contribution in [0.3, 0.4) is 0 Å². The Labute approximate surface area is 87.7 Å². The summed E-state index contributed by atoms with van der Waals surface area (Å²) in [6.07, 6.45) is 1.29. The maximum absolute atomic E-state index is 4.35. The van der Waals surface area contributed by atoms with Gasteiger partial charge in [0.2, 0.25) is 0 Å². The zero-order valence-corrected chi connectivity index (χ0v) is 8.95. The summed E-state index contributed by atoms with van der Waals surface area (Å²) in [6.45, 7) is 4.25. The highest BCUT2D eigenvalue weighted by molar-refractivity contribution is 7.09. The topological polar surface area (TPSA) is 24.9 Å². The van der Waals surface area contributed by atoms with Gasteiger partial charge in [0.05, 0.1) is 5.01 Å². The molecule has 3 heteroatoms. The van der Waals surface area contributed by atoms with Crippen LogP contribution in [0.15, 0.2) is 5.38 Å². The summed E-state index contributed by atoms with van der Waals surface area (Å²) in [5.41, 5.74) is 1.26. The number of hydrogen-bond donors (Lipinski definition) is 1. The standard InChI is InChI=1S/C11H12N2S/c1-8-13-10(6-14-8)2-3-11-4-9(11)5-12-7-11/h6,9,12H,4-5,7H2,1H3. The molecular weight excluding hydrogens is 192 g/mol. The molecule has 2 nitrogen and oxygen atoms in total. The molecule has 0 spiro atoms. The van der Waals surface area contributed by atoms with E-state index in [0.717, 1.165) is 29.7 Å². The molecule has 2 atom stereocenters. The Bertz CT molecular complexity index is 426. The number of fused-ring (bicyclic) bond motifs is 1. The number of aromatic nitrogens is 1. The first kappa shape index (κ1) is 8.46. The molecule has 1 N–H and O–H groups in total. The van der Waals surface area contributed by atoms with Crippen LogP contribution < -0.4 is 5.32 Å². The van der Waals surface area contributed by atoms with Crippen molar-refractivity contribution in [3.05, 3.63) is 16.1 Å². The number of aryl methyl sites for hydroxylation is 1. The lowest BCUT2D eigenvalue weighted by Gasteiger charge is -1.98. The number of rotatable bonds is 0. The monoisotopic (exact) mass is 204 g/mol. The molecule has 72 valence electrons. The van der Waals surface area contributed by atoms with Gasteiger partial charge in [0.1, 0.15) is 5.69 Å². The Hall–Kier alpha value is -0.850. The third kappa shape index (κ3) is 1.26. The van der Waals surface area contributed by atoms with Crippen LogP contribution in [-0.2, 0) is 0 Å². The first-order chi connectivity index (χ1) is 6.78. The van der Waals surface area contributed by atoms with E-state index in [4.69, 9.17) is 0 Å². The van der Waals surface area contributed by atoms with Gasteiger partial charge in [-0.3, -0.25) is 0 Å². The molecule has 1 aromatic heterocycles. The highest BCUT2D eigenvalue weighted by atomic mass is 32.1. The van der Waals surface area contributed by atoms with Crippen LogP contribution in [0, 0.1) is 30.1 Å². The maximum atomic E-state index is 4.35. The van der Waals surface area contributed by atoms with E-state index < -0.39 is 0 Å². The van der Waals surface area contributed by atoms with E-state index in [1.807, 2.05) is 12.3 Å². The molecule has 0 aromatic carbocycles. The number of nitrogens with zero attached hydrogens (tertiary/aromatic N) is 1. The Balaban J connectivity index is 1.81. The van der Waals surface area contributed by atoms with Gasteiger partial charge in [0.15, 0.2) is 0 Å². The molecule has 1 saturated carbocycles. The molecule has 2 unspecified atom stereocenters. The molecular formula is C11H12N2S. The zero-order chi connectivity index (χ0) is 9.60. The largest absolute Gasteiger partial charge is 0.315 e. The number of thiazole rings is 1. The van der Waals surface area contributed by atoms with E-state index in [2.05, 4.69) is 22.1 Å². The van der Waals surface area contributed by atoms with Gasteiger partial charge < -0.3 is 5.32 Å². The minimum absolute atomic E-state index is 0.317. The van der Waals surface area contributed by atoms with Crippen molar-refractivity contribution in [2.24, 2.45) is 11.3 Å². The van der Waals surface area contributed by atoms with E-state index >= 15 is 0 Å². The fourth-order valence-corrected chi connectivity index (χ4v) is 2.69. The van der Waals surface area contributed by atoms with Crippen molar-refractivity contribution in [2.45, 2.75) is 13.3 Å². The molecule has 2 aliphatic rings. The zero-order valence-electron chi connectivity index (χ0n) is 8.13. The van der Waals surface area contributed by atoms with Gasteiger partial charge >= 0.3 is 0 Å². The normalized spacial score (nSPS) is 33.4. The number of nitrogens with one attached hydrogen (secondary N) is 1. The van der Waals surface area contributed by atoms with Crippen molar-refractivity contribution in [1.29, 1.82) is 0 Å². The lowest BCUT2D eigenvalue weighted by Crippen LogP contribution is -2.14. The molecule has 0 radical (unpaired) electrons. The van der Waals surface area contributed by atoms with E-state index in [0.29, 0.717) is 5.41 Å². The van der Waals surface area contributed by atoms with E-state index in [1.165, 1.54) is 6.42 Å². The summed E-state index contributed by atoms with van der Waals surface area (Å²) in [5.74, 6) is 7.41. The lowest BCUT2D eigenvalue weighted by molar-refractivity contribution is 0.666. The van der Waals surface area contributed by atoms with Crippen LogP contribution in [0.2, 0.25) is 0 Å². The molecule has 2 fully saturated rings. The fraction of sp³-hybridized carbons (Fsp3) is 0.545. The van der Waals surface area contributed by atoms with Gasteiger partial charge in [-0.15, -0.1) is 11.3 Å². The maximum Gasteiger partial charge on any atom is 0.124 e. The fourth-order valence-electron chi connectivity index (χ4n) is 2.14. The van der Waals surface area contributed by atoms with Crippen molar-refractivity contribution in [1.82, 2.24) is 10.3 Å². The quantitative estimate of drug-likeness (QED) is 0.646. The second-order valence-electron chi connectivity index (χ2n) is 4.19. The van der Waals surface area contributed by atoms with Crippen LogP contribution in [0.1, 0.15) is 17.1 Å². The van der Waals surface area contributed by atoms with Crippen LogP contribution in [0.5, 0.6) is 0 Å². The second-order valence-corrected chi connectivity index (χ2v) is 5.25. The summed E-state index contributed by atoms with van der Waals surface area (Å²) in [5, 5.41) is 6.52. The predicted octanol–water partition coefficient (Wildman–Crippen LogP) is 1.41. The highest BCUT2D eigenvalue weighted by Crippen LogP contribution is 2.54. The third-order valence-corrected chi connectivity index (χ3v) is 3.90. The second kappa shape index (κ2) is 2.82. The molecule has 1 aliphatic heterocycles. The average molecular weight is 204 g/mol. The van der Waals surface area contributed by atoms with Gasteiger partial charge in [-0.2, -0.15) is 0 Å². The Kier molecular flexibility index (Phi) is 1.70. The smallest absolute Gasteiger partial charge is 0.124 e. The molecule has 2 heterocycles. The van der Waals surface area contributed by atoms with Gasteiger partial charge in [0.25, 0.3) is 0 Å². The first-order valence-corrected chi connectivity index (χ1v) is 5.82. The van der Waals surface area contributed by atoms with Gasteiger partial charge in [-0.1, -0.05) is 5.92 Å². The first-order valence-electron chi connectivity index (χ1n) is 4.95. The predicted molar refractivity (Wildman–Crippen MR) is 57.1 cm³/mol. The Morgan fingerprint density at radius 2 is 2.64 bits per heavy atom. The lowest BCUT2D eigenvalue weighted by atomic mass is 10.1. The van der Waals surface area contributed by atoms with Crippen molar-refractivity contribution in [3.8, 4) is 11.8 Å². The van der Waals surface area contributed by atoms with Crippen molar-refractivity contribution < 1.29 is 0 Å². The minimum atomic E-state index is 0.317. The number of hydrogen-bond acceptors (Lipinski definition) is 3. The molecule has 14 heavy (non-hydrogen) atoms. The van der Waals surface area contributed by atoms with Crippen LogP contribution in [0.25, 0.3) is 0 Å². The van der Waals surface area contributed by atoms with Crippen molar-refractivity contribution in [2.75, 3.05) is 13.1 Å². The van der Waals surface area contributed by atoms with Crippen LogP contribution >= 0.6 is 11.3 Å². The SMILES string of the molecule is Cc1nc(C#CC23CNCC2C3)cs1. The van der Waals surface area contributed by atoms with E-state index in [9.17, 15) is 0 Å². The van der Waals surface area contributed by atoms with Crippen LogP contribution in [0.4, 0.5) is 0 Å². The summed E-state index contributed by atoms with van der Waals surface area (Å²) in [6, 6.07) is 0. The Morgan fingerprint density at radius 3 is 3.21 bits per heavy atom. The molecule has 1 aromatic rings. The average Bonchev–Trinajstić information content (AvgIpc) is 2.57. The molecule has 0 bridgehead atoms. The highest BCUT2D eigenvalue weighted by Gasteiger charge is 2.56. The summed E-state index contributed by atoms with van der Waals surface area (Å²) < 4.78 is 0. The summed E-state index contributed by atoms with van der Waals surface area (Å²) in [4.78, 5) is 4.35. The molecule has 0 amide bonds. The van der Waals surface area contributed by atoms with Gasteiger partial charge in [-0.25, -0.2) is 4.98 Å². The van der Waals surface area contributed by atoms with Gasteiger partial charge in [0, 0.05) is 17.3 Å². The Morgan fingerprint density at radius 1 is 1.71 bits per heavy atom. The van der Waals surface area contributed by atoms with Crippen molar-refractivity contribution >= 4 is 11.3 Å². The molecule has 1 aliphatic carbocycles. The van der Waals surface area contributed by atoms with Gasteiger partial charge in [-0.05, 0) is 31.7 Å². The van der Waals surface area contributed by atoms with Crippen LogP contribution in [-0.4, -0.2) is 18.1 Å². The summed E-state index contributed by atoms with van der Waals surface area (Å²) in [7, 11) is 0. The third-order valence-electron chi connectivity index (χ3n) is 3.12. The number of piperidine rings is 1. The summed E-state index contributed by atoms with van der Waals surface area (Å²) >= 11 is 1.67. The van der Waals surface area contributed by atoms with Crippen molar-refractivity contribution in [3.63, 3.8) is 0 Å². The van der Waals surface area contributed by atoms with E-state index in [1.54, 1.807) is 11.3 Å².